The number of nitrogens with one attached hydrogen (secondary N) is 3. The Labute approximate surface area is 152 Å². The second kappa shape index (κ2) is 6.72. The molecule has 7 nitrogen and oxygen atoms in total. The number of hydrogen-bond acceptors (Lipinski definition) is 5. The minimum atomic E-state index is -0.481. The number of primary amides is 1. The first-order chi connectivity index (χ1) is 12.5. The van der Waals surface area contributed by atoms with Crippen LogP contribution in [-0.2, 0) is 4.79 Å². The molecule has 4 atom stereocenters. The second-order valence-electron chi connectivity index (χ2n) is 7.51. The molecule has 0 radical (unpaired) electrons. The number of carbonyl (C=O) groups excluding carboxylic acids is 2. The molecule has 26 heavy (non-hydrogen) atoms. The van der Waals surface area contributed by atoms with Crippen molar-refractivity contribution in [1.29, 1.82) is 0 Å². The smallest absolute Gasteiger partial charge is 0.252 e. The van der Waals surface area contributed by atoms with E-state index in [1.807, 2.05) is 19.2 Å². The number of nitrogens with zero attached hydrogens (tertiary/aromatic N) is 1. The number of pyridine rings is 1. The van der Waals surface area contributed by atoms with Crippen LogP contribution in [-0.4, -0.2) is 39.8 Å². The number of carbonyl (C=O) groups is 2. The summed E-state index contributed by atoms with van der Waals surface area (Å²) >= 11 is 0. The number of aromatic amines is 1. The predicted molar refractivity (Wildman–Crippen MR) is 100.0 cm³/mol. The van der Waals surface area contributed by atoms with E-state index >= 15 is 0 Å². The van der Waals surface area contributed by atoms with Crippen molar-refractivity contribution in [2.75, 3.05) is 5.32 Å². The molecule has 2 aliphatic rings. The molecule has 0 saturated carbocycles. The molecule has 2 aromatic rings. The molecule has 2 bridgehead atoms. The van der Waals surface area contributed by atoms with Crippen molar-refractivity contribution in [3.63, 3.8) is 0 Å². The van der Waals surface area contributed by atoms with E-state index in [9.17, 15) is 9.59 Å². The standard InChI is InChI=1S/C19H25N5O2/c1-2-16(25)10-5-11-7-13(8-12(6-10)23-11)24-17-14-3-4-21-19(14)22-9-15(17)18(20)26/h3-4,9-13,23H,2,5-8H2,1H3,(H2,20,26)(H2,21,22,24)/t10?,11-,12+,13-. The molecule has 2 aliphatic heterocycles. The fourth-order valence-corrected chi connectivity index (χ4v) is 4.59. The Morgan fingerprint density at radius 3 is 2.65 bits per heavy atom. The third kappa shape index (κ3) is 3.07. The first-order valence-electron chi connectivity index (χ1n) is 9.36. The molecule has 2 saturated heterocycles. The lowest BCUT2D eigenvalue weighted by Crippen LogP contribution is -2.55. The number of piperidine rings is 2. The van der Waals surface area contributed by atoms with Crippen LogP contribution in [0.5, 0.6) is 0 Å². The second-order valence-corrected chi connectivity index (χ2v) is 7.51. The van der Waals surface area contributed by atoms with Crippen molar-refractivity contribution in [2.45, 2.75) is 57.2 Å². The van der Waals surface area contributed by atoms with Gasteiger partial charge in [-0.1, -0.05) is 6.92 Å². The molecule has 1 amide bonds. The molecule has 5 N–H and O–H groups in total. The summed E-state index contributed by atoms with van der Waals surface area (Å²) in [5.74, 6) is 0.0913. The maximum atomic E-state index is 12.1. The summed E-state index contributed by atoms with van der Waals surface area (Å²) in [7, 11) is 0. The topological polar surface area (TPSA) is 113 Å². The van der Waals surface area contributed by atoms with E-state index in [4.69, 9.17) is 5.73 Å². The predicted octanol–water partition coefficient (Wildman–Crippen LogP) is 1.95. The van der Waals surface area contributed by atoms with Crippen molar-refractivity contribution in [2.24, 2.45) is 11.7 Å². The number of hydrogen-bond donors (Lipinski definition) is 4. The van der Waals surface area contributed by atoms with Gasteiger partial charge in [0.25, 0.3) is 5.91 Å². The molecule has 4 rings (SSSR count). The minimum absolute atomic E-state index is 0.190. The number of Topliss-reactive ketones (excluding diaryl/α,β-unsaturated/α-hetero) is 1. The van der Waals surface area contributed by atoms with Gasteiger partial charge < -0.3 is 21.4 Å². The van der Waals surface area contributed by atoms with Crippen LogP contribution in [0.4, 0.5) is 5.69 Å². The largest absolute Gasteiger partial charge is 0.381 e. The van der Waals surface area contributed by atoms with Crippen molar-refractivity contribution in [3.05, 3.63) is 24.0 Å². The van der Waals surface area contributed by atoms with E-state index in [0.29, 0.717) is 29.9 Å². The van der Waals surface area contributed by atoms with Crippen LogP contribution in [0, 0.1) is 5.92 Å². The van der Waals surface area contributed by atoms with Gasteiger partial charge in [0, 0.05) is 48.2 Å². The number of amides is 1. The highest BCUT2D eigenvalue weighted by Gasteiger charge is 2.38. The van der Waals surface area contributed by atoms with Crippen LogP contribution in [0.2, 0.25) is 0 Å². The van der Waals surface area contributed by atoms with Gasteiger partial charge in [0.15, 0.2) is 0 Å². The number of fused-ring (bicyclic) bond motifs is 3. The lowest BCUT2D eigenvalue weighted by molar-refractivity contribution is -0.124. The van der Waals surface area contributed by atoms with Gasteiger partial charge in [0.1, 0.15) is 11.4 Å². The van der Waals surface area contributed by atoms with E-state index in [1.54, 1.807) is 0 Å². The minimum Gasteiger partial charge on any atom is -0.381 e. The maximum absolute atomic E-state index is 12.1. The number of anilines is 1. The van der Waals surface area contributed by atoms with Gasteiger partial charge in [-0.2, -0.15) is 0 Å². The summed E-state index contributed by atoms with van der Waals surface area (Å²) < 4.78 is 0. The van der Waals surface area contributed by atoms with Gasteiger partial charge in [-0.15, -0.1) is 0 Å². The average molecular weight is 355 g/mol. The average Bonchev–Trinajstić information content (AvgIpc) is 3.09. The van der Waals surface area contributed by atoms with E-state index in [1.165, 1.54) is 6.20 Å². The maximum Gasteiger partial charge on any atom is 0.252 e. The van der Waals surface area contributed by atoms with Gasteiger partial charge in [0.2, 0.25) is 0 Å². The molecule has 0 aromatic carbocycles. The van der Waals surface area contributed by atoms with Crippen LogP contribution in [0.1, 0.15) is 49.4 Å². The molecule has 2 fully saturated rings. The molecule has 1 unspecified atom stereocenters. The van der Waals surface area contributed by atoms with Crippen LogP contribution >= 0.6 is 0 Å². The zero-order valence-corrected chi connectivity index (χ0v) is 14.9. The third-order valence-corrected chi connectivity index (χ3v) is 5.75. The van der Waals surface area contributed by atoms with Crippen molar-refractivity contribution >= 4 is 28.4 Å². The van der Waals surface area contributed by atoms with Crippen molar-refractivity contribution in [3.8, 4) is 0 Å². The van der Waals surface area contributed by atoms with E-state index < -0.39 is 5.91 Å². The van der Waals surface area contributed by atoms with Gasteiger partial charge >= 0.3 is 0 Å². The highest BCUT2D eigenvalue weighted by Crippen LogP contribution is 2.34. The number of rotatable bonds is 5. The van der Waals surface area contributed by atoms with E-state index in [-0.39, 0.29) is 12.0 Å². The Morgan fingerprint density at radius 1 is 1.27 bits per heavy atom. The van der Waals surface area contributed by atoms with Gasteiger partial charge in [-0.25, -0.2) is 4.98 Å². The van der Waals surface area contributed by atoms with Gasteiger partial charge in [0.05, 0.1) is 11.3 Å². The first kappa shape index (κ1) is 17.0. The summed E-state index contributed by atoms with van der Waals surface area (Å²) in [6, 6.07) is 2.82. The molecule has 2 aromatic heterocycles. The van der Waals surface area contributed by atoms with Gasteiger partial charge in [-0.05, 0) is 31.7 Å². The molecule has 0 spiro atoms. The third-order valence-electron chi connectivity index (χ3n) is 5.75. The lowest BCUT2D eigenvalue weighted by atomic mass is 9.76. The molecule has 4 heterocycles. The molecule has 138 valence electrons. The Kier molecular flexibility index (Phi) is 4.40. The van der Waals surface area contributed by atoms with Crippen LogP contribution in [0.3, 0.4) is 0 Å². The number of aromatic nitrogens is 2. The summed E-state index contributed by atoms with van der Waals surface area (Å²) in [5.41, 5.74) is 7.47. The Hall–Kier alpha value is -2.41. The van der Waals surface area contributed by atoms with E-state index in [2.05, 4.69) is 20.6 Å². The summed E-state index contributed by atoms with van der Waals surface area (Å²) in [5, 5.41) is 8.08. The summed E-state index contributed by atoms with van der Waals surface area (Å²) in [6.45, 7) is 1.95. The molecule has 0 aliphatic carbocycles. The van der Waals surface area contributed by atoms with Crippen molar-refractivity contribution < 1.29 is 9.59 Å². The normalized spacial score (nSPS) is 28.0. The van der Waals surface area contributed by atoms with Crippen LogP contribution in [0.15, 0.2) is 18.5 Å². The lowest BCUT2D eigenvalue weighted by Gasteiger charge is -2.43. The quantitative estimate of drug-likeness (QED) is 0.655. The molecule has 7 heteroatoms. The van der Waals surface area contributed by atoms with Crippen LogP contribution < -0.4 is 16.4 Å². The van der Waals surface area contributed by atoms with E-state index in [0.717, 1.165) is 42.4 Å². The fourth-order valence-electron chi connectivity index (χ4n) is 4.59. The Morgan fingerprint density at radius 2 is 2.00 bits per heavy atom. The summed E-state index contributed by atoms with van der Waals surface area (Å²) in [4.78, 5) is 31.3. The molecular formula is C19H25N5O2. The monoisotopic (exact) mass is 355 g/mol. The number of H-pyrrole nitrogens is 1. The first-order valence-corrected chi connectivity index (χ1v) is 9.36. The van der Waals surface area contributed by atoms with Crippen molar-refractivity contribution in [1.82, 2.24) is 15.3 Å². The van der Waals surface area contributed by atoms with Crippen LogP contribution in [0.25, 0.3) is 11.0 Å². The Balaban J connectivity index is 1.55. The SMILES string of the molecule is CCC(=O)C1C[C@@H]2C[C@@H](Nc3c(C(N)=O)cnc4[nH]ccc34)C[C@H](C1)N2. The zero-order chi connectivity index (χ0) is 18.3. The fraction of sp³-hybridized carbons (Fsp3) is 0.526. The Bertz CT molecular complexity index is 832. The number of ketones is 1. The highest BCUT2D eigenvalue weighted by atomic mass is 16.1. The molecular weight excluding hydrogens is 330 g/mol. The number of nitrogens with two attached hydrogens (primary N) is 1. The zero-order valence-electron chi connectivity index (χ0n) is 14.9. The van der Waals surface area contributed by atoms with Gasteiger partial charge in [-0.3, -0.25) is 9.59 Å². The highest BCUT2D eigenvalue weighted by molar-refractivity contribution is 6.05. The summed E-state index contributed by atoms with van der Waals surface area (Å²) in [6.07, 6.45) is 7.62.